The van der Waals surface area contributed by atoms with E-state index in [-0.39, 0.29) is 60.5 Å². The molecule has 4 aromatic heterocycles. The number of imide groups is 1. The molecule has 14 heteroatoms. The first-order valence-corrected chi connectivity index (χ1v) is 14.0. The molecule has 1 aliphatic heterocycles. The third-order valence-corrected chi connectivity index (χ3v) is 7.88. The van der Waals surface area contributed by atoms with E-state index in [1.165, 1.54) is 25.1 Å². The molecule has 0 spiro atoms. The Hall–Kier alpha value is -5.14. The molecule has 2 aliphatic carbocycles. The maximum absolute atomic E-state index is 12.9. The van der Waals surface area contributed by atoms with Crippen LogP contribution in [0.25, 0.3) is 5.65 Å². The second kappa shape index (κ2) is 10.3. The summed E-state index contributed by atoms with van der Waals surface area (Å²) in [5.74, 6) is 0.778. The van der Waals surface area contributed by atoms with E-state index < -0.39 is 0 Å². The summed E-state index contributed by atoms with van der Waals surface area (Å²) in [6, 6.07) is 4.95. The second-order valence-electron chi connectivity index (χ2n) is 11.1. The van der Waals surface area contributed by atoms with Gasteiger partial charge in [0.25, 0.3) is 0 Å². The fourth-order valence-corrected chi connectivity index (χ4v) is 5.26. The van der Waals surface area contributed by atoms with Gasteiger partial charge in [-0.25, -0.2) is 19.7 Å². The number of aryl methyl sites for hydroxylation is 1. The topological polar surface area (TPSA) is 157 Å². The van der Waals surface area contributed by atoms with Crippen LogP contribution in [0.1, 0.15) is 53.9 Å². The van der Waals surface area contributed by atoms with Gasteiger partial charge in [0.15, 0.2) is 5.65 Å². The van der Waals surface area contributed by atoms with Gasteiger partial charge >= 0.3 is 12.0 Å². The van der Waals surface area contributed by atoms with E-state index in [9.17, 15) is 14.4 Å². The monoisotopic (exact) mass is 583 g/mol. The molecule has 3 fully saturated rings. The second-order valence-corrected chi connectivity index (χ2v) is 11.1. The number of amides is 4. The molecule has 7 rings (SSSR count). The lowest BCUT2D eigenvalue weighted by Gasteiger charge is -2.17. The summed E-state index contributed by atoms with van der Waals surface area (Å²) in [5, 5.41) is 2.83. The number of ether oxygens (including phenoxy) is 2. The smallest absolute Gasteiger partial charge is 0.331 e. The number of rotatable bonds is 9. The van der Waals surface area contributed by atoms with Gasteiger partial charge in [-0.05, 0) is 49.8 Å². The molecular weight excluding hydrogens is 554 g/mol. The van der Waals surface area contributed by atoms with Crippen molar-refractivity contribution < 1.29 is 23.9 Å². The van der Waals surface area contributed by atoms with Gasteiger partial charge in [-0.2, -0.15) is 9.97 Å². The Kier molecular flexibility index (Phi) is 6.40. The number of hydrogen-bond donors (Lipinski definition) is 1. The molecule has 5 heterocycles. The maximum Gasteiger partial charge on any atom is 0.331 e. The molecule has 0 radical (unpaired) electrons. The molecule has 2 unspecified atom stereocenters. The third kappa shape index (κ3) is 5.19. The van der Waals surface area contributed by atoms with Crippen molar-refractivity contribution in [3.05, 3.63) is 59.6 Å². The molecule has 3 aliphatic rings. The van der Waals surface area contributed by atoms with Crippen LogP contribution in [-0.2, 0) is 16.2 Å². The lowest BCUT2D eigenvalue weighted by Crippen LogP contribution is -2.30. The van der Waals surface area contributed by atoms with E-state index in [2.05, 4.69) is 25.3 Å². The summed E-state index contributed by atoms with van der Waals surface area (Å²) >= 11 is 0. The number of pyridine rings is 1. The van der Waals surface area contributed by atoms with Crippen molar-refractivity contribution >= 4 is 35.0 Å². The first kappa shape index (κ1) is 26.7. The summed E-state index contributed by atoms with van der Waals surface area (Å²) in [6.45, 7) is 1.91. The number of likely N-dealkylation sites (N-methyl/N-ethyl adjacent to an activating group) is 1. The first-order chi connectivity index (χ1) is 20.8. The van der Waals surface area contributed by atoms with Crippen LogP contribution >= 0.6 is 0 Å². The Morgan fingerprint density at radius 3 is 2.67 bits per heavy atom. The minimum Gasteiger partial charge on any atom is -0.471 e. The van der Waals surface area contributed by atoms with Gasteiger partial charge in [-0.1, -0.05) is 0 Å². The van der Waals surface area contributed by atoms with Crippen LogP contribution in [0.2, 0.25) is 0 Å². The molecule has 220 valence electrons. The molecule has 2 atom stereocenters. The van der Waals surface area contributed by atoms with Crippen molar-refractivity contribution in [3.63, 3.8) is 0 Å². The highest BCUT2D eigenvalue weighted by atomic mass is 16.5. The van der Waals surface area contributed by atoms with Crippen LogP contribution < -0.4 is 19.7 Å². The van der Waals surface area contributed by atoms with Crippen molar-refractivity contribution in [2.45, 2.75) is 44.6 Å². The predicted octanol–water partition coefficient (Wildman–Crippen LogP) is 2.83. The summed E-state index contributed by atoms with van der Waals surface area (Å²) in [6.07, 6.45) is 8.36. The summed E-state index contributed by atoms with van der Waals surface area (Å²) in [5.41, 5.74) is 3.67. The Bertz CT molecular complexity index is 1790. The number of imidazole rings is 1. The van der Waals surface area contributed by atoms with Crippen molar-refractivity contribution in [2.24, 2.45) is 5.92 Å². The number of carbonyl (C=O) groups excluding carboxylic acids is 3. The van der Waals surface area contributed by atoms with Crippen LogP contribution in [0.4, 0.5) is 16.3 Å². The molecule has 43 heavy (non-hydrogen) atoms. The van der Waals surface area contributed by atoms with Gasteiger partial charge in [-0.3, -0.25) is 19.4 Å². The number of nitrogens with one attached hydrogen (secondary N) is 1. The largest absolute Gasteiger partial charge is 0.471 e. The molecule has 4 amide bonds. The number of methoxy groups -OCH3 is 1. The first-order valence-electron chi connectivity index (χ1n) is 14.0. The van der Waals surface area contributed by atoms with Crippen LogP contribution in [0, 0.1) is 12.8 Å². The minimum absolute atomic E-state index is 0.0332. The minimum atomic E-state index is -0.382. The van der Waals surface area contributed by atoms with E-state index in [0.717, 1.165) is 29.0 Å². The molecule has 0 bridgehead atoms. The number of carbonyl (C=O) groups is 3. The van der Waals surface area contributed by atoms with E-state index in [4.69, 9.17) is 14.5 Å². The Morgan fingerprint density at radius 1 is 1.12 bits per heavy atom. The summed E-state index contributed by atoms with van der Waals surface area (Å²) in [4.78, 5) is 62.5. The van der Waals surface area contributed by atoms with Crippen LogP contribution in [0.15, 0.2) is 36.8 Å². The van der Waals surface area contributed by atoms with Gasteiger partial charge in [0.1, 0.15) is 24.8 Å². The van der Waals surface area contributed by atoms with Crippen molar-refractivity contribution in [1.29, 1.82) is 0 Å². The number of aromatic nitrogens is 6. The average Bonchev–Trinajstić information content (AvgIpc) is 3.93. The third-order valence-electron chi connectivity index (χ3n) is 7.88. The van der Waals surface area contributed by atoms with Gasteiger partial charge in [0, 0.05) is 49.2 Å². The average molecular weight is 584 g/mol. The van der Waals surface area contributed by atoms with Crippen molar-refractivity contribution in [1.82, 2.24) is 34.2 Å². The normalized spacial score (nSPS) is 19.7. The van der Waals surface area contributed by atoms with E-state index in [1.54, 1.807) is 6.20 Å². The molecule has 1 saturated heterocycles. The van der Waals surface area contributed by atoms with Gasteiger partial charge in [0.05, 0.1) is 18.5 Å². The zero-order chi connectivity index (χ0) is 29.8. The van der Waals surface area contributed by atoms with Gasteiger partial charge in [0.2, 0.25) is 17.7 Å². The van der Waals surface area contributed by atoms with Gasteiger partial charge in [-0.15, -0.1) is 0 Å². The van der Waals surface area contributed by atoms with Gasteiger partial charge < -0.3 is 19.2 Å². The van der Waals surface area contributed by atoms with Crippen molar-refractivity contribution in [2.75, 3.05) is 30.9 Å². The van der Waals surface area contributed by atoms with Crippen LogP contribution in [0.5, 0.6) is 11.9 Å². The molecule has 2 saturated carbocycles. The fourth-order valence-electron chi connectivity index (χ4n) is 5.26. The number of fused-ring (bicyclic) bond motifs is 1. The lowest BCUT2D eigenvalue weighted by molar-refractivity contribution is -0.124. The highest BCUT2D eigenvalue weighted by molar-refractivity contribution is 6.13. The fraction of sp³-hybridized carbons (Fsp3) is 0.379. The van der Waals surface area contributed by atoms with Crippen LogP contribution in [-0.4, -0.2) is 72.8 Å². The number of nitrogens with zero attached hydrogens (tertiary/aromatic N) is 8. The Balaban J connectivity index is 1.09. The van der Waals surface area contributed by atoms with E-state index in [1.807, 2.05) is 35.9 Å². The standard InChI is InChI=1S/C29H29N9O5/c1-15-6-7-30-25(31-15)19-9-20(19)27(40)33-22-10-23(35-28(34-22)42-3)43-14-18-12-37-11-17(16-4-5-16)8-21(26(37)32-18)38-13-24(39)36(2)29(38)41/h6-8,10-12,16,19-20H,4-5,9,13-14H2,1-3H3,(H,33,34,35,40). The highest BCUT2D eigenvalue weighted by Crippen LogP contribution is 2.46. The lowest BCUT2D eigenvalue weighted by atomic mass is 10.1. The number of hydrogen-bond acceptors (Lipinski definition) is 10. The highest BCUT2D eigenvalue weighted by Gasteiger charge is 2.46. The molecule has 1 N–H and O–H groups in total. The molecule has 14 nitrogen and oxygen atoms in total. The molecule has 4 aromatic rings. The van der Waals surface area contributed by atoms with E-state index >= 15 is 0 Å². The maximum atomic E-state index is 12.9. The zero-order valence-electron chi connectivity index (χ0n) is 23.9. The van der Waals surface area contributed by atoms with Crippen molar-refractivity contribution in [3.8, 4) is 11.9 Å². The van der Waals surface area contributed by atoms with Crippen LogP contribution in [0.3, 0.4) is 0 Å². The molecule has 0 aromatic carbocycles. The summed E-state index contributed by atoms with van der Waals surface area (Å²) < 4.78 is 13.1. The van der Waals surface area contributed by atoms with E-state index in [0.29, 0.717) is 35.2 Å². The zero-order valence-corrected chi connectivity index (χ0v) is 23.9. The predicted molar refractivity (Wildman–Crippen MR) is 152 cm³/mol. The summed E-state index contributed by atoms with van der Waals surface area (Å²) in [7, 11) is 2.91. The number of urea groups is 1. The molecular formula is C29H29N9O5. The Morgan fingerprint density at radius 2 is 1.95 bits per heavy atom. The SMILES string of the molecule is COc1nc(NC(=O)C2CC2c2nccc(C)n2)cc(OCc2cn3cc(C4CC4)cc(N4CC(=O)N(C)C4=O)c3n2)n1. The number of anilines is 2. The Labute approximate surface area is 246 Å². The quantitative estimate of drug-likeness (QED) is 0.291.